The third-order valence-corrected chi connectivity index (χ3v) is 5.47. The molecule has 2 aliphatic heterocycles. The fourth-order valence-corrected chi connectivity index (χ4v) is 4.01. The molecule has 1 aromatic carbocycles. The molecule has 2 aliphatic rings. The van der Waals surface area contributed by atoms with Gasteiger partial charge in [-0.1, -0.05) is 0 Å². The Morgan fingerprint density at radius 2 is 2.12 bits per heavy atom. The lowest BCUT2D eigenvalue weighted by Crippen LogP contribution is -2.60. The van der Waals surface area contributed by atoms with Gasteiger partial charge in [0, 0.05) is 11.9 Å². The number of nitrogens with zero attached hydrogens (tertiary/aromatic N) is 3. The molecule has 9 heteroatoms. The fraction of sp³-hybridized carbons (Fsp3) is 0.353. The SMILES string of the molecule is O=C(O)[C@@]1(F)CN(c2ncnc3[nH]c4cc(F)ccc4c23)CC12COC2. The Labute approximate surface area is 145 Å². The zero-order valence-corrected chi connectivity index (χ0v) is 13.5. The van der Waals surface area contributed by atoms with E-state index in [2.05, 4.69) is 15.0 Å². The topological polar surface area (TPSA) is 91.3 Å². The van der Waals surface area contributed by atoms with Gasteiger partial charge in [0.2, 0.25) is 5.67 Å². The normalized spacial score (nSPS) is 24.5. The van der Waals surface area contributed by atoms with Crippen LogP contribution >= 0.6 is 0 Å². The number of H-pyrrole nitrogens is 1. The van der Waals surface area contributed by atoms with E-state index in [0.29, 0.717) is 27.8 Å². The predicted octanol–water partition coefficient (Wildman–Crippen LogP) is 1.88. The van der Waals surface area contributed by atoms with Crippen LogP contribution in [0, 0.1) is 11.2 Å². The zero-order chi connectivity index (χ0) is 18.1. The molecule has 0 aliphatic carbocycles. The van der Waals surface area contributed by atoms with E-state index in [9.17, 15) is 14.3 Å². The number of hydrogen-bond acceptors (Lipinski definition) is 5. The van der Waals surface area contributed by atoms with Gasteiger partial charge in [0.15, 0.2) is 0 Å². The summed E-state index contributed by atoms with van der Waals surface area (Å²) >= 11 is 0. The summed E-state index contributed by atoms with van der Waals surface area (Å²) in [5.41, 5.74) is -2.47. The van der Waals surface area contributed by atoms with E-state index < -0.39 is 17.1 Å². The van der Waals surface area contributed by atoms with E-state index in [4.69, 9.17) is 4.74 Å². The second-order valence-corrected chi connectivity index (χ2v) is 6.97. The number of hydrogen-bond donors (Lipinski definition) is 2. The van der Waals surface area contributed by atoms with Gasteiger partial charge in [-0.3, -0.25) is 0 Å². The number of carboxylic acid groups (broad SMARTS) is 1. The minimum atomic E-state index is -2.42. The Morgan fingerprint density at radius 3 is 2.77 bits per heavy atom. The summed E-state index contributed by atoms with van der Waals surface area (Å²) in [6, 6.07) is 4.28. The van der Waals surface area contributed by atoms with Crippen molar-refractivity contribution in [2.45, 2.75) is 5.67 Å². The highest BCUT2D eigenvalue weighted by Crippen LogP contribution is 2.49. The zero-order valence-electron chi connectivity index (χ0n) is 13.5. The number of aromatic nitrogens is 3. The van der Waals surface area contributed by atoms with E-state index >= 15 is 4.39 Å². The Bertz CT molecular complexity index is 1060. The van der Waals surface area contributed by atoms with Gasteiger partial charge in [-0.05, 0) is 18.2 Å². The molecule has 0 saturated carbocycles. The van der Waals surface area contributed by atoms with Crippen molar-refractivity contribution in [2.75, 3.05) is 31.2 Å². The Kier molecular flexibility index (Phi) is 2.90. The summed E-state index contributed by atoms with van der Waals surface area (Å²) in [4.78, 5) is 24.7. The predicted molar refractivity (Wildman–Crippen MR) is 88.3 cm³/mol. The van der Waals surface area contributed by atoms with Crippen molar-refractivity contribution in [1.82, 2.24) is 15.0 Å². The number of alkyl halides is 1. The molecule has 0 unspecified atom stereocenters. The maximum atomic E-state index is 15.3. The van der Waals surface area contributed by atoms with Gasteiger partial charge in [0.05, 0.1) is 36.1 Å². The van der Waals surface area contributed by atoms with Crippen LogP contribution in [-0.4, -0.2) is 58.0 Å². The van der Waals surface area contributed by atoms with Crippen LogP contribution in [-0.2, 0) is 9.53 Å². The van der Waals surface area contributed by atoms with Crippen molar-refractivity contribution in [1.29, 1.82) is 0 Å². The Balaban J connectivity index is 1.68. The largest absolute Gasteiger partial charge is 0.479 e. The quantitative estimate of drug-likeness (QED) is 0.725. The number of fused-ring (bicyclic) bond motifs is 3. The molecule has 2 fully saturated rings. The molecule has 0 radical (unpaired) electrons. The number of carbonyl (C=O) groups is 1. The van der Waals surface area contributed by atoms with Crippen molar-refractivity contribution >= 4 is 33.7 Å². The molecule has 2 N–H and O–H groups in total. The maximum absolute atomic E-state index is 15.3. The van der Waals surface area contributed by atoms with Crippen molar-refractivity contribution < 1.29 is 23.4 Å². The number of aliphatic carboxylic acids is 1. The summed E-state index contributed by atoms with van der Waals surface area (Å²) in [6.07, 6.45) is 1.33. The number of benzene rings is 1. The molecule has 4 heterocycles. The number of aromatic amines is 1. The molecular weight excluding hydrogens is 346 g/mol. The van der Waals surface area contributed by atoms with Crippen LogP contribution in [0.5, 0.6) is 0 Å². The first-order valence-corrected chi connectivity index (χ1v) is 8.10. The lowest BCUT2D eigenvalue weighted by Gasteiger charge is -2.43. The summed E-state index contributed by atoms with van der Waals surface area (Å²) < 4.78 is 34.0. The van der Waals surface area contributed by atoms with E-state index in [1.165, 1.54) is 18.5 Å². The van der Waals surface area contributed by atoms with Gasteiger partial charge in [-0.2, -0.15) is 0 Å². The molecule has 1 atom stereocenters. The monoisotopic (exact) mass is 360 g/mol. The molecule has 2 aromatic heterocycles. The second-order valence-electron chi connectivity index (χ2n) is 6.97. The second kappa shape index (κ2) is 4.88. The van der Waals surface area contributed by atoms with Crippen molar-refractivity contribution in [3.8, 4) is 0 Å². The lowest BCUT2D eigenvalue weighted by atomic mass is 9.74. The van der Waals surface area contributed by atoms with Gasteiger partial charge >= 0.3 is 5.97 Å². The lowest BCUT2D eigenvalue weighted by molar-refractivity contribution is -0.192. The number of nitrogens with one attached hydrogen (secondary N) is 1. The van der Waals surface area contributed by atoms with Crippen LogP contribution in [0.15, 0.2) is 24.5 Å². The third kappa shape index (κ3) is 1.80. The van der Waals surface area contributed by atoms with E-state index in [-0.39, 0.29) is 32.1 Å². The number of halogens is 2. The molecular formula is C17H14F2N4O3. The fourth-order valence-electron chi connectivity index (χ4n) is 4.01. The molecule has 7 nitrogen and oxygen atoms in total. The van der Waals surface area contributed by atoms with Gasteiger partial charge in [0.1, 0.15) is 23.6 Å². The highest BCUT2D eigenvalue weighted by molar-refractivity contribution is 6.11. The van der Waals surface area contributed by atoms with Crippen LogP contribution in [0.4, 0.5) is 14.6 Å². The number of rotatable bonds is 2. The number of ether oxygens (including phenoxy) is 1. The van der Waals surface area contributed by atoms with Crippen LogP contribution in [0.25, 0.3) is 21.9 Å². The highest BCUT2D eigenvalue weighted by atomic mass is 19.1. The van der Waals surface area contributed by atoms with Crippen molar-refractivity contribution in [3.05, 3.63) is 30.3 Å². The minimum absolute atomic E-state index is 0.0552. The molecule has 134 valence electrons. The van der Waals surface area contributed by atoms with Gasteiger partial charge in [-0.15, -0.1) is 0 Å². The average molecular weight is 360 g/mol. The van der Waals surface area contributed by atoms with Crippen LogP contribution in [0.3, 0.4) is 0 Å². The number of anilines is 1. The van der Waals surface area contributed by atoms with Crippen LogP contribution in [0.2, 0.25) is 0 Å². The number of carboxylic acids is 1. The third-order valence-electron chi connectivity index (χ3n) is 5.47. The first kappa shape index (κ1) is 15.4. The Hall–Kier alpha value is -2.81. The van der Waals surface area contributed by atoms with E-state index in [1.54, 1.807) is 11.0 Å². The first-order valence-electron chi connectivity index (χ1n) is 8.10. The smallest absolute Gasteiger partial charge is 0.344 e. The van der Waals surface area contributed by atoms with E-state index in [1.807, 2.05) is 0 Å². The molecule has 0 bridgehead atoms. The molecule has 0 amide bonds. The molecule has 2 saturated heterocycles. The van der Waals surface area contributed by atoms with Crippen molar-refractivity contribution in [2.24, 2.45) is 5.41 Å². The van der Waals surface area contributed by atoms with Crippen LogP contribution < -0.4 is 4.90 Å². The molecule has 5 rings (SSSR count). The molecule has 3 aromatic rings. The van der Waals surface area contributed by atoms with Gasteiger partial charge < -0.3 is 19.7 Å². The standard InChI is InChI=1S/C17H14F2N4O3/c18-9-1-2-10-11(3-9)22-13-12(10)14(21-8-20-13)23-4-16(6-26-7-16)17(19,5-23)15(24)25/h1-3,8H,4-7H2,(H,24,25)(H,20,21,22)/t17-/m0/s1. The van der Waals surface area contributed by atoms with Crippen LogP contribution in [0.1, 0.15) is 0 Å². The highest BCUT2D eigenvalue weighted by Gasteiger charge is 2.68. The Morgan fingerprint density at radius 1 is 1.31 bits per heavy atom. The summed E-state index contributed by atoms with van der Waals surface area (Å²) in [5.74, 6) is -1.45. The first-order chi connectivity index (χ1) is 12.4. The molecule has 26 heavy (non-hydrogen) atoms. The van der Waals surface area contributed by atoms with Crippen molar-refractivity contribution in [3.63, 3.8) is 0 Å². The minimum Gasteiger partial charge on any atom is -0.479 e. The van der Waals surface area contributed by atoms with E-state index in [0.717, 1.165) is 0 Å². The summed E-state index contributed by atoms with van der Waals surface area (Å²) in [5, 5.41) is 10.8. The van der Waals surface area contributed by atoms with Gasteiger partial charge in [0.25, 0.3) is 0 Å². The van der Waals surface area contributed by atoms with Gasteiger partial charge in [-0.25, -0.2) is 23.5 Å². The summed E-state index contributed by atoms with van der Waals surface area (Å²) in [7, 11) is 0. The maximum Gasteiger partial charge on any atom is 0.344 e. The molecule has 1 spiro atoms. The average Bonchev–Trinajstić information content (AvgIpc) is 3.09. The summed E-state index contributed by atoms with van der Waals surface area (Å²) in [6.45, 7) is -0.0410.